The van der Waals surface area contributed by atoms with Gasteiger partial charge >= 0.3 is 0 Å². The maximum Gasteiger partial charge on any atom is 0.220 e. The highest BCUT2D eigenvalue weighted by molar-refractivity contribution is 5.80. The Morgan fingerprint density at radius 3 is 2.81 bits per heavy atom. The van der Waals surface area contributed by atoms with Crippen LogP contribution in [0.1, 0.15) is 44.2 Å². The quantitative estimate of drug-likeness (QED) is 0.663. The summed E-state index contributed by atoms with van der Waals surface area (Å²) in [5.74, 6) is 0.0798. The number of nitrogens with one attached hydrogen (secondary N) is 2. The second-order valence-electron chi connectivity index (χ2n) is 6.98. The third-order valence-corrected chi connectivity index (χ3v) is 4.86. The van der Waals surface area contributed by atoms with E-state index in [9.17, 15) is 14.7 Å². The highest BCUT2D eigenvalue weighted by atomic mass is 16.3. The second-order valence-corrected chi connectivity index (χ2v) is 6.98. The van der Waals surface area contributed by atoms with Crippen LogP contribution in [0.5, 0.6) is 0 Å². The van der Waals surface area contributed by atoms with Crippen molar-refractivity contribution in [3.63, 3.8) is 0 Å². The largest absolute Gasteiger partial charge is 0.393 e. The van der Waals surface area contributed by atoms with Crippen LogP contribution < -0.4 is 10.6 Å². The lowest BCUT2D eigenvalue weighted by Gasteiger charge is -2.38. The van der Waals surface area contributed by atoms with Crippen LogP contribution in [0.2, 0.25) is 0 Å². The smallest absolute Gasteiger partial charge is 0.220 e. The van der Waals surface area contributed by atoms with Crippen LogP contribution in [0.4, 0.5) is 0 Å². The third-order valence-electron chi connectivity index (χ3n) is 4.86. The SMILES string of the molecule is CC(=O)NCCCC(=O)NC(c1cnc2ccccc2c1)C1CC(O)C1. The normalized spacial score (nSPS) is 20.2. The van der Waals surface area contributed by atoms with Gasteiger partial charge < -0.3 is 15.7 Å². The third kappa shape index (κ3) is 4.58. The molecule has 138 valence electrons. The van der Waals surface area contributed by atoms with Crippen molar-refractivity contribution in [1.29, 1.82) is 0 Å². The lowest BCUT2D eigenvalue weighted by Crippen LogP contribution is -2.41. The first-order valence-electron chi connectivity index (χ1n) is 9.09. The van der Waals surface area contributed by atoms with Crippen LogP contribution in [0, 0.1) is 5.92 Å². The fourth-order valence-electron chi connectivity index (χ4n) is 3.39. The molecule has 1 unspecified atom stereocenters. The predicted molar refractivity (Wildman–Crippen MR) is 99.3 cm³/mol. The van der Waals surface area contributed by atoms with E-state index in [1.54, 1.807) is 0 Å². The summed E-state index contributed by atoms with van der Waals surface area (Å²) in [5.41, 5.74) is 1.89. The molecule has 1 aromatic carbocycles. The summed E-state index contributed by atoms with van der Waals surface area (Å²) >= 11 is 0. The van der Waals surface area contributed by atoms with E-state index in [4.69, 9.17) is 0 Å². The highest BCUT2D eigenvalue weighted by Crippen LogP contribution is 2.38. The van der Waals surface area contributed by atoms with Crippen molar-refractivity contribution < 1.29 is 14.7 Å². The molecule has 3 N–H and O–H groups in total. The van der Waals surface area contributed by atoms with Crippen LogP contribution in [0.15, 0.2) is 36.5 Å². The Morgan fingerprint density at radius 1 is 1.31 bits per heavy atom. The maximum atomic E-state index is 12.4. The van der Waals surface area contributed by atoms with Crippen molar-refractivity contribution in [3.05, 3.63) is 42.1 Å². The molecular formula is C20H25N3O3. The van der Waals surface area contributed by atoms with Crippen molar-refractivity contribution in [2.45, 2.75) is 44.8 Å². The average molecular weight is 355 g/mol. The zero-order valence-corrected chi connectivity index (χ0v) is 14.9. The van der Waals surface area contributed by atoms with Crippen molar-refractivity contribution in [2.75, 3.05) is 6.54 Å². The molecular weight excluding hydrogens is 330 g/mol. The average Bonchev–Trinajstić information content (AvgIpc) is 2.60. The van der Waals surface area contributed by atoms with Crippen LogP contribution in [-0.4, -0.2) is 34.6 Å². The minimum atomic E-state index is -0.285. The summed E-state index contributed by atoms with van der Waals surface area (Å²) in [7, 11) is 0. The van der Waals surface area contributed by atoms with Gasteiger partial charge in [0.15, 0.2) is 0 Å². The molecule has 6 nitrogen and oxygen atoms in total. The van der Waals surface area contributed by atoms with E-state index < -0.39 is 0 Å². The number of benzene rings is 1. The first-order valence-corrected chi connectivity index (χ1v) is 9.09. The number of fused-ring (bicyclic) bond motifs is 1. The van der Waals surface area contributed by atoms with E-state index in [2.05, 4.69) is 21.7 Å². The standard InChI is InChI=1S/C20H25N3O3/c1-13(24)21-8-4-7-19(26)23-20(15-10-17(25)11-15)16-9-14-5-2-3-6-18(14)22-12-16/h2-3,5-6,9,12,15,17,20,25H,4,7-8,10-11H2,1H3,(H,21,24)(H,23,26). The lowest BCUT2D eigenvalue weighted by atomic mass is 9.75. The van der Waals surface area contributed by atoms with Gasteiger partial charge in [-0.25, -0.2) is 0 Å². The molecule has 1 saturated carbocycles. The maximum absolute atomic E-state index is 12.4. The topological polar surface area (TPSA) is 91.3 Å². The van der Waals surface area contributed by atoms with E-state index in [-0.39, 0.29) is 29.9 Å². The van der Waals surface area contributed by atoms with Gasteiger partial charge in [-0.3, -0.25) is 14.6 Å². The molecule has 0 saturated heterocycles. The van der Waals surface area contributed by atoms with E-state index >= 15 is 0 Å². The Morgan fingerprint density at radius 2 is 2.08 bits per heavy atom. The number of amides is 2. The minimum Gasteiger partial charge on any atom is -0.393 e. The van der Waals surface area contributed by atoms with E-state index in [1.165, 1.54) is 6.92 Å². The van der Waals surface area contributed by atoms with Crippen LogP contribution in [0.25, 0.3) is 10.9 Å². The van der Waals surface area contributed by atoms with Gasteiger partial charge in [0.1, 0.15) is 0 Å². The van der Waals surface area contributed by atoms with E-state index in [0.717, 1.165) is 16.5 Å². The predicted octanol–water partition coefficient (Wildman–Crippen LogP) is 2.08. The minimum absolute atomic E-state index is 0.0464. The molecule has 1 aliphatic rings. The summed E-state index contributed by atoms with van der Waals surface area (Å²) in [6, 6.07) is 9.80. The molecule has 1 heterocycles. The van der Waals surface area contributed by atoms with Gasteiger partial charge in [0.2, 0.25) is 11.8 Å². The molecule has 1 aliphatic carbocycles. The van der Waals surface area contributed by atoms with Crippen molar-refractivity contribution in [3.8, 4) is 0 Å². The summed E-state index contributed by atoms with van der Waals surface area (Å²) < 4.78 is 0. The number of hydrogen-bond donors (Lipinski definition) is 3. The monoisotopic (exact) mass is 355 g/mol. The number of aromatic nitrogens is 1. The molecule has 2 amide bonds. The molecule has 0 spiro atoms. The number of carbonyl (C=O) groups excluding carboxylic acids is 2. The number of hydrogen-bond acceptors (Lipinski definition) is 4. The van der Waals surface area contributed by atoms with Crippen molar-refractivity contribution in [1.82, 2.24) is 15.6 Å². The number of aliphatic hydroxyl groups is 1. The first-order chi connectivity index (χ1) is 12.5. The van der Waals surface area contributed by atoms with Gasteiger partial charge in [0.25, 0.3) is 0 Å². The van der Waals surface area contributed by atoms with Gasteiger partial charge in [-0.2, -0.15) is 0 Å². The molecule has 0 bridgehead atoms. The van der Waals surface area contributed by atoms with Gasteiger partial charge in [-0.15, -0.1) is 0 Å². The summed E-state index contributed by atoms with van der Waals surface area (Å²) in [5, 5.41) is 16.5. The zero-order chi connectivity index (χ0) is 18.5. The molecule has 1 aromatic heterocycles. The van der Waals surface area contributed by atoms with Gasteiger partial charge in [0.05, 0.1) is 17.7 Å². The zero-order valence-electron chi connectivity index (χ0n) is 14.9. The van der Waals surface area contributed by atoms with Crippen LogP contribution >= 0.6 is 0 Å². The van der Waals surface area contributed by atoms with Crippen molar-refractivity contribution in [2.24, 2.45) is 5.92 Å². The highest BCUT2D eigenvalue weighted by Gasteiger charge is 2.35. The number of carbonyl (C=O) groups is 2. The molecule has 26 heavy (non-hydrogen) atoms. The number of aliphatic hydroxyl groups excluding tert-OH is 1. The fourth-order valence-corrected chi connectivity index (χ4v) is 3.39. The fraction of sp³-hybridized carbons (Fsp3) is 0.450. The second kappa shape index (κ2) is 8.27. The number of pyridine rings is 1. The molecule has 1 fully saturated rings. The van der Waals surface area contributed by atoms with Crippen molar-refractivity contribution >= 4 is 22.7 Å². The van der Waals surface area contributed by atoms with E-state index in [1.807, 2.05) is 30.5 Å². The summed E-state index contributed by atoms with van der Waals surface area (Å²) in [4.78, 5) is 27.7. The van der Waals surface area contributed by atoms with Gasteiger partial charge in [-0.1, -0.05) is 18.2 Å². The van der Waals surface area contributed by atoms with Crippen LogP contribution in [-0.2, 0) is 9.59 Å². The number of nitrogens with zero attached hydrogens (tertiary/aromatic N) is 1. The van der Waals surface area contributed by atoms with Gasteiger partial charge in [-0.05, 0) is 42.9 Å². The van der Waals surface area contributed by atoms with Gasteiger partial charge in [0, 0.05) is 31.5 Å². The molecule has 6 heteroatoms. The molecule has 3 rings (SSSR count). The molecule has 0 aliphatic heterocycles. The molecule has 0 radical (unpaired) electrons. The number of rotatable bonds is 7. The Bertz CT molecular complexity index is 787. The Kier molecular flexibility index (Phi) is 5.83. The molecule has 1 atom stereocenters. The lowest BCUT2D eigenvalue weighted by molar-refractivity contribution is -0.123. The summed E-state index contributed by atoms with van der Waals surface area (Å²) in [6.45, 7) is 1.96. The first kappa shape index (κ1) is 18.3. The number of para-hydroxylation sites is 1. The Hall–Kier alpha value is -2.47. The van der Waals surface area contributed by atoms with E-state index in [0.29, 0.717) is 32.2 Å². The Balaban J connectivity index is 1.68. The summed E-state index contributed by atoms with van der Waals surface area (Å²) in [6.07, 6.45) is 3.85. The van der Waals surface area contributed by atoms with Crippen LogP contribution in [0.3, 0.4) is 0 Å². The molecule has 2 aromatic rings. The Labute approximate surface area is 153 Å².